The normalized spacial score (nSPS) is 10.1. The molecule has 2 N–H and O–H groups in total. The summed E-state index contributed by atoms with van der Waals surface area (Å²) >= 11 is 11.9. The molecule has 0 fully saturated rings. The van der Waals surface area contributed by atoms with E-state index in [1.807, 2.05) is 0 Å². The number of ether oxygens (including phenoxy) is 1. The van der Waals surface area contributed by atoms with Crippen molar-refractivity contribution in [3.8, 4) is 5.75 Å². The van der Waals surface area contributed by atoms with E-state index in [0.717, 1.165) is 0 Å². The minimum atomic E-state index is -0.386. The molecule has 5 nitrogen and oxygen atoms in total. The molecule has 120 valence electrons. The molecule has 0 aromatic heterocycles. The molecule has 0 aliphatic heterocycles. The second-order valence-corrected chi connectivity index (χ2v) is 5.52. The zero-order chi connectivity index (χ0) is 17.0. The molecule has 2 aromatic carbocycles. The summed E-state index contributed by atoms with van der Waals surface area (Å²) in [5.74, 6) is -0.195. The van der Waals surface area contributed by atoms with Gasteiger partial charge in [0.05, 0.1) is 23.5 Å². The third-order valence-electron chi connectivity index (χ3n) is 2.95. The van der Waals surface area contributed by atoms with Gasteiger partial charge < -0.3 is 15.4 Å². The molecule has 0 saturated heterocycles. The van der Waals surface area contributed by atoms with E-state index < -0.39 is 0 Å². The number of amides is 2. The van der Waals surface area contributed by atoms with Gasteiger partial charge in [0.1, 0.15) is 5.75 Å². The van der Waals surface area contributed by atoms with E-state index in [9.17, 15) is 9.59 Å². The summed E-state index contributed by atoms with van der Waals surface area (Å²) in [6, 6.07) is 9.48. The highest BCUT2D eigenvalue weighted by atomic mass is 35.5. The largest absolute Gasteiger partial charge is 0.495 e. The Balaban J connectivity index is 2.28. The quantitative estimate of drug-likeness (QED) is 0.865. The Morgan fingerprint density at radius 3 is 2.39 bits per heavy atom. The Hall–Kier alpha value is -2.24. The Morgan fingerprint density at radius 1 is 1.00 bits per heavy atom. The fraction of sp³-hybridized carbons (Fsp3) is 0.125. The molecule has 0 spiro atoms. The van der Waals surface area contributed by atoms with Crippen LogP contribution in [-0.2, 0) is 4.79 Å². The van der Waals surface area contributed by atoms with Gasteiger partial charge in [-0.15, -0.1) is 0 Å². The van der Waals surface area contributed by atoms with Gasteiger partial charge in [0.15, 0.2) is 0 Å². The van der Waals surface area contributed by atoms with Crippen LogP contribution in [-0.4, -0.2) is 18.9 Å². The highest BCUT2D eigenvalue weighted by Crippen LogP contribution is 2.28. The van der Waals surface area contributed by atoms with E-state index in [-0.39, 0.29) is 11.8 Å². The summed E-state index contributed by atoms with van der Waals surface area (Å²) in [5.41, 5.74) is 1.15. The van der Waals surface area contributed by atoms with Crippen LogP contribution < -0.4 is 15.4 Å². The first-order valence-corrected chi connectivity index (χ1v) is 7.38. The van der Waals surface area contributed by atoms with Crippen molar-refractivity contribution in [2.75, 3.05) is 17.7 Å². The Kier molecular flexibility index (Phi) is 5.47. The van der Waals surface area contributed by atoms with Crippen LogP contribution in [0.25, 0.3) is 0 Å². The minimum absolute atomic E-state index is 0.265. The number of rotatable bonds is 4. The topological polar surface area (TPSA) is 67.4 Å². The Bertz CT molecular complexity index is 763. The number of anilines is 2. The molecule has 2 rings (SSSR count). The van der Waals surface area contributed by atoms with Gasteiger partial charge in [0, 0.05) is 17.5 Å². The van der Waals surface area contributed by atoms with Gasteiger partial charge in [-0.05, 0) is 36.4 Å². The molecule has 0 unspecified atom stereocenters. The van der Waals surface area contributed by atoms with Gasteiger partial charge in [0.25, 0.3) is 5.91 Å². The van der Waals surface area contributed by atoms with Crippen molar-refractivity contribution in [3.63, 3.8) is 0 Å². The molecule has 2 aromatic rings. The number of benzene rings is 2. The van der Waals surface area contributed by atoms with Gasteiger partial charge in [-0.1, -0.05) is 23.2 Å². The van der Waals surface area contributed by atoms with Gasteiger partial charge in [-0.2, -0.15) is 0 Å². The fourth-order valence-electron chi connectivity index (χ4n) is 1.92. The molecule has 0 saturated carbocycles. The van der Waals surface area contributed by atoms with Crippen LogP contribution in [0.4, 0.5) is 11.4 Å². The standard InChI is InChI=1S/C16H14Cl2N2O3/c1-9(21)19-14-7-10(3-6-15(14)23-2)16(22)20-13-8-11(17)4-5-12(13)18/h3-8H,1-2H3,(H,19,21)(H,20,22). The summed E-state index contributed by atoms with van der Waals surface area (Å²) in [7, 11) is 1.48. The monoisotopic (exact) mass is 352 g/mol. The molecule has 2 amide bonds. The van der Waals surface area contributed by atoms with Crippen LogP contribution in [0.3, 0.4) is 0 Å². The lowest BCUT2D eigenvalue weighted by atomic mass is 10.1. The third-order valence-corrected chi connectivity index (χ3v) is 3.51. The predicted octanol–water partition coefficient (Wildman–Crippen LogP) is 4.21. The van der Waals surface area contributed by atoms with Crippen molar-refractivity contribution in [1.82, 2.24) is 0 Å². The maximum atomic E-state index is 12.3. The summed E-state index contributed by atoms with van der Waals surface area (Å²) < 4.78 is 5.15. The summed E-state index contributed by atoms with van der Waals surface area (Å²) in [5, 5.41) is 6.12. The summed E-state index contributed by atoms with van der Waals surface area (Å²) in [6.07, 6.45) is 0. The molecule has 7 heteroatoms. The minimum Gasteiger partial charge on any atom is -0.495 e. The first-order chi connectivity index (χ1) is 10.9. The average molecular weight is 353 g/mol. The van der Waals surface area contributed by atoms with Crippen molar-refractivity contribution in [2.45, 2.75) is 6.92 Å². The van der Waals surface area contributed by atoms with Crippen molar-refractivity contribution in [2.24, 2.45) is 0 Å². The zero-order valence-electron chi connectivity index (χ0n) is 12.4. The van der Waals surface area contributed by atoms with Gasteiger partial charge in [0.2, 0.25) is 5.91 Å². The third kappa shape index (κ3) is 4.37. The van der Waals surface area contributed by atoms with Crippen molar-refractivity contribution < 1.29 is 14.3 Å². The molecule has 0 heterocycles. The molecule has 0 bridgehead atoms. The highest BCUT2D eigenvalue weighted by molar-refractivity contribution is 6.35. The lowest BCUT2D eigenvalue weighted by molar-refractivity contribution is -0.114. The first kappa shape index (κ1) is 17.1. The van der Waals surface area contributed by atoms with E-state index in [2.05, 4.69) is 10.6 Å². The van der Waals surface area contributed by atoms with E-state index in [1.165, 1.54) is 20.1 Å². The van der Waals surface area contributed by atoms with Crippen LogP contribution in [0.1, 0.15) is 17.3 Å². The van der Waals surface area contributed by atoms with Crippen LogP contribution in [0, 0.1) is 0 Å². The van der Waals surface area contributed by atoms with Gasteiger partial charge in [-0.3, -0.25) is 9.59 Å². The molecule has 0 radical (unpaired) electrons. The molecule has 0 aliphatic rings. The number of carbonyl (C=O) groups excluding carboxylic acids is 2. The van der Waals surface area contributed by atoms with Crippen molar-refractivity contribution in [1.29, 1.82) is 0 Å². The van der Waals surface area contributed by atoms with E-state index in [4.69, 9.17) is 27.9 Å². The zero-order valence-corrected chi connectivity index (χ0v) is 14.0. The van der Waals surface area contributed by atoms with Gasteiger partial charge in [-0.25, -0.2) is 0 Å². The number of hydrogen-bond donors (Lipinski definition) is 2. The van der Waals surface area contributed by atoms with Crippen LogP contribution in [0.5, 0.6) is 5.75 Å². The molecular formula is C16H14Cl2N2O3. The van der Waals surface area contributed by atoms with Crippen molar-refractivity contribution >= 4 is 46.4 Å². The van der Waals surface area contributed by atoms with Crippen LogP contribution in [0.2, 0.25) is 10.0 Å². The predicted molar refractivity (Wildman–Crippen MR) is 91.7 cm³/mol. The summed E-state index contributed by atoms with van der Waals surface area (Å²) in [6.45, 7) is 1.37. The van der Waals surface area contributed by atoms with Gasteiger partial charge >= 0.3 is 0 Å². The SMILES string of the molecule is COc1ccc(C(=O)Nc2cc(Cl)ccc2Cl)cc1NC(C)=O. The summed E-state index contributed by atoms with van der Waals surface area (Å²) in [4.78, 5) is 23.6. The number of halogens is 2. The average Bonchev–Trinajstić information content (AvgIpc) is 2.50. The number of methoxy groups -OCH3 is 1. The Morgan fingerprint density at radius 2 is 1.74 bits per heavy atom. The first-order valence-electron chi connectivity index (χ1n) is 6.62. The maximum absolute atomic E-state index is 12.3. The fourth-order valence-corrected chi connectivity index (χ4v) is 2.26. The number of carbonyl (C=O) groups is 2. The van der Waals surface area contributed by atoms with Crippen LogP contribution >= 0.6 is 23.2 Å². The maximum Gasteiger partial charge on any atom is 0.255 e. The van der Waals surface area contributed by atoms with E-state index in [1.54, 1.807) is 30.3 Å². The lowest BCUT2D eigenvalue weighted by Gasteiger charge is -2.12. The van der Waals surface area contributed by atoms with Crippen molar-refractivity contribution in [3.05, 3.63) is 52.0 Å². The van der Waals surface area contributed by atoms with E-state index in [0.29, 0.717) is 32.7 Å². The smallest absolute Gasteiger partial charge is 0.255 e. The molecule has 23 heavy (non-hydrogen) atoms. The number of hydrogen-bond acceptors (Lipinski definition) is 3. The number of nitrogens with one attached hydrogen (secondary N) is 2. The molecular weight excluding hydrogens is 339 g/mol. The second-order valence-electron chi connectivity index (χ2n) is 4.67. The molecule has 0 atom stereocenters. The highest BCUT2D eigenvalue weighted by Gasteiger charge is 2.13. The van der Waals surface area contributed by atoms with E-state index >= 15 is 0 Å². The van der Waals surface area contributed by atoms with Crippen LogP contribution in [0.15, 0.2) is 36.4 Å². The molecule has 0 aliphatic carbocycles. The Labute approximate surface area is 143 Å². The second kappa shape index (κ2) is 7.35. The lowest BCUT2D eigenvalue weighted by Crippen LogP contribution is -2.14.